The lowest BCUT2D eigenvalue weighted by molar-refractivity contribution is 0.0765. The molecular weight excluding hydrogens is 432 g/mol. The van der Waals surface area contributed by atoms with Crippen LogP contribution < -0.4 is 10.9 Å². The zero-order chi connectivity index (χ0) is 23.0. The van der Waals surface area contributed by atoms with Crippen molar-refractivity contribution in [2.45, 2.75) is 6.54 Å². The van der Waals surface area contributed by atoms with E-state index in [1.165, 1.54) is 6.26 Å². The lowest BCUT2D eigenvalue weighted by atomic mass is 10.1. The number of carbonyl (C=O) groups excluding carboxylic acids is 1. The first kappa shape index (κ1) is 22.0. The first-order valence-electron chi connectivity index (χ1n) is 10.2. The Morgan fingerprint density at radius 3 is 2.75 bits per heavy atom. The SMILES string of the molecule is CNc1cc[nH]c(=O)c1-c1nc2cc3c(cc2[nH]1)C(=O)N(CCN(C)CCS(C)(=O)=O)C3. The molecule has 4 rings (SSSR count). The van der Waals surface area contributed by atoms with E-state index < -0.39 is 9.84 Å². The van der Waals surface area contributed by atoms with Gasteiger partial charge in [-0.2, -0.15) is 0 Å². The number of benzene rings is 1. The maximum absolute atomic E-state index is 12.9. The molecular formula is C21H26N6O4S. The van der Waals surface area contributed by atoms with Crippen LogP contribution >= 0.6 is 0 Å². The summed E-state index contributed by atoms with van der Waals surface area (Å²) in [4.78, 5) is 39.3. The van der Waals surface area contributed by atoms with Gasteiger partial charge in [-0.1, -0.05) is 0 Å². The predicted octanol–water partition coefficient (Wildman–Crippen LogP) is 0.892. The number of imidazole rings is 1. The average molecular weight is 459 g/mol. The largest absolute Gasteiger partial charge is 0.387 e. The van der Waals surface area contributed by atoms with E-state index in [1.54, 1.807) is 30.3 Å². The number of fused-ring (bicyclic) bond motifs is 2. The van der Waals surface area contributed by atoms with Gasteiger partial charge in [0, 0.05) is 51.2 Å². The maximum Gasteiger partial charge on any atom is 0.261 e. The summed E-state index contributed by atoms with van der Waals surface area (Å²) >= 11 is 0. The van der Waals surface area contributed by atoms with E-state index in [1.807, 2.05) is 18.0 Å². The number of hydrogen-bond acceptors (Lipinski definition) is 7. The van der Waals surface area contributed by atoms with Crippen molar-refractivity contribution in [3.63, 3.8) is 0 Å². The Morgan fingerprint density at radius 2 is 2.03 bits per heavy atom. The van der Waals surface area contributed by atoms with E-state index in [2.05, 4.69) is 20.3 Å². The molecule has 11 heteroatoms. The van der Waals surface area contributed by atoms with Gasteiger partial charge in [0.25, 0.3) is 11.5 Å². The predicted molar refractivity (Wildman–Crippen MR) is 124 cm³/mol. The molecule has 0 bridgehead atoms. The molecule has 2 aromatic heterocycles. The van der Waals surface area contributed by atoms with Crippen LogP contribution in [0, 0.1) is 0 Å². The van der Waals surface area contributed by atoms with Gasteiger partial charge in [0.1, 0.15) is 21.2 Å². The molecule has 0 saturated heterocycles. The highest BCUT2D eigenvalue weighted by Crippen LogP contribution is 2.29. The second-order valence-corrected chi connectivity index (χ2v) is 10.4. The summed E-state index contributed by atoms with van der Waals surface area (Å²) in [6, 6.07) is 5.43. The van der Waals surface area contributed by atoms with E-state index in [9.17, 15) is 18.0 Å². The van der Waals surface area contributed by atoms with Crippen molar-refractivity contribution in [2.24, 2.45) is 0 Å². The Bertz CT molecular complexity index is 1340. The van der Waals surface area contributed by atoms with Gasteiger partial charge < -0.3 is 25.1 Å². The second kappa shape index (κ2) is 8.40. The van der Waals surface area contributed by atoms with Gasteiger partial charge in [-0.15, -0.1) is 0 Å². The van der Waals surface area contributed by atoms with Gasteiger partial charge in [0.2, 0.25) is 0 Å². The summed E-state index contributed by atoms with van der Waals surface area (Å²) in [5, 5.41) is 3.00. The van der Waals surface area contributed by atoms with E-state index in [-0.39, 0.29) is 17.2 Å². The average Bonchev–Trinajstić information content (AvgIpc) is 3.28. The highest BCUT2D eigenvalue weighted by Gasteiger charge is 2.28. The van der Waals surface area contributed by atoms with Crippen molar-refractivity contribution < 1.29 is 13.2 Å². The summed E-state index contributed by atoms with van der Waals surface area (Å²) in [5.74, 6) is 0.463. The highest BCUT2D eigenvalue weighted by molar-refractivity contribution is 7.90. The molecule has 3 heterocycles. The van der Waals surface area contributed by atoms with Crippen molar-refractivity contribution >= 4 is 32.5 Å². The molecule has 3 aromatic rings. The minimum Gasteiger partial charge on any atom is -0.387 e. The van der Waals surface area contributed by atoms with Crippen LogP contribution in [-0.2, 0) is 16.4 Å². The number of nitrogens with one attached hydrogen (secondary N) is 3. The van der Waals surface area contributed by atoms with E-state index in [0.29, 0.717) is 59.9 Å². The van der Waals surface area contributed by atoms with Crippen molar-refractivity contribution in [3.8, 4) is 11.4 Å². The van der Waals surface area contributed by atoms with Gasteiger partial charge in [-0.25, -0.2) is 13.4 Å². The zero-order valence-electron chi connectivity index (χ0n) is 18.2. The molecule has 170 valence electrons. The number of rotatable bonds is 8. The summed E-state index contributed by atoms with van der Waals surface area (Å²) in [6.07, 6.45) is 2.79. The number of pyridine rings is 1. The van der Waals surface area contributed by atoms with Crippen LogP contribution in [0.4, 0.5) is 5.69 Å². The third-order valence-corrected chi connectivity index (χ3v) is 6.57. The van der Waals surface area contributed by atoms with Crippen LogP contribution in [-0.4, -0.2) is 84.8 Å². The Morgan fingerprint density at radius 1 is 1.25 bits per heavy atom. The molecule has 3 N–H and O–H groups in total. The number of sulfone groups is 1. The van der Waals surface area contributed by atoms with Gasteiger partial charge in [0.15, 0.2) is 0 Å². The summed E-state index contributed by atoms with van der Waals surface area (Å²) in [7, 11) is 0.567. The molecule has 1 amide bonds. The molecule has 1 aliphatic heterocycles. The molecule has 1 aromatic carbocycles. The molecule has 0 radical (unpaired) electrons. The number of hydrogen-bond donors (Lipinski definition) is 3. The lowest BCUT2D eigenvalue weighted by Crippen LogP contribution is -2.35. The summed E-state index contributed by atoms with van der Waals surface area (Å²) < 4.78 is 22.7. The Balaban J connectivity index is 1.52. The molecule has 0 aliphatic carbocycles. The molecule has 0 spiro atoms. The lowest BCUT2D eigenvalue weighted by Gasteiger charge is -2.21. The number of aromatic nitrogens is 3. The van der Waals surface area contributed by atoms with Crippen molar-refractivity contribution in [2.75, 3.05) is 51.1 Å². The first-order valence-corrected chi connectivity index (χ1v) is 12.3. The third-order valence-electron chi connectivity index (χ3n) is 5.65. The van der Waals surface area contributed by atoms with Gasteiger partial charge in [0.05, 0.1) is 22.5 Å². The second-order valence-electron chi connectivity index (χ2n) is 8.12. The first-order chi connectivity index (χ1) is 15.2. The van der Waals surface area contributed by atoms with Gasteiger partial charge >= 0.3 is 0 Å². The Hall–Kier alpha value is -3.18. The quantitative estimate of drug-likeness (QED) is 0.457. The van der Waals surface area contributed by atoms with E-state index in [4.69, 9.17) is 0 Å². The fraction of sp³-hybridized carbons (Fsp3) is 0.381. The Labute approximate surface area is 185 Å². The van der Waals surface area contributed by atoms with Gasteiger partial charge in [-0.05, 0) is 30.8 Å². The molecule has 0 fully saturated rings. The fourth-order valence-electron chi connectivity index (χ4n) is 3.82. The van der Waals surface area contributed by atoms with E-state index >= 15 is 0 Å². The molecule has 0 atom stereocenters. The normalized spacial score (nSPS) is 13.9. The molecule has 0 unspecified atom stereocenters. The molecule has 10 nitrogen and oxygen atoms in total. The number of H-pyrrole nitrogens is 2. The molecule has 1 aliphatic rings. The molecule has 32 heavy (non-hydrogen) atoms. The van der Waals surface area contributed by atoms with Crippen LogP contribution in [0.15, 0.2) is 29.2 Å². The monoisotopic (exact) mass is 458 g/mol. The van der Waals surface area contributed by atoms with Crippen LogP contribution in [0.25, 0.3) is 22.4 Å². The number of aromatic amines is 2. The number of carbonyl (C=O) groups is 1. The minimum atomic E-state index is -3.02. The van der Waals surface area contributed by atoms with Crippen LogP contribution in [0.2, 0.25) is 0 Å². The van der Waals surface area contributed by atoms with Crippen molar-refractivity contribution in [1.82, 2.24) is 24.8 Å². The van der Waals surface area contributed by atoms with Crippen LogP contribution in [0.5, 0.6) is 0 Å². The standard InChI is InChI=1S/C21H26N6O4S/c1-22-15-4-5-23-20(28)18(15)19-24-16-10-13-12-27(21(29)14(13)11-17(16)25-19)7-6-26(2)8-9-32(3,30)31/h4-5,10-11H,6-9,12H2,1-3H3,(H,24,25)(H2,22,23,28). The smallest absolute Gasteiger partial charge is 0.261 e. The molecule has 0 saturated carbocycles. The minimum absolute atomic E-state index is 0.0666. The zero-order valence-corrected chi connectivity index (χ0v) is 19.0. The summed E-state index contributed by atoms with van der Waals surface area (Å²) in [5.41, 5.74) is 3.68. The summed E-state index contributed by atoms with van der Waals surface area (Å²) in [6.45, 7) is 1.99. The number of nitrogens with zero attached hydrogens (tertiary/aromatic N) is 3. The van der Waals surface area contributed by atoms with Gasteiger partial charge in [-0.3, -0.25) is 9.59 Å². The topological polar surface area (TPSA) is 131 Å². The maximum atomic E-state index is 12.9. The third kappa shape index (κ3) is 4.39. The van der Waals surface area contributed by atoms with Crippen molar-refractivity contribution in [1.29, 1.82) is 0 Å². The van der Waals surface area contributed by atoms with Crippen LogP contribution in [0.1, 0.15) is 15.9 Å². The number of likely N-dealkylation sites (N-methyl/N-ethyl adjacent to an activating group) is 1. The van der Waals surface area contributed by atoms with E-state index in [0.717, 1.165) is 5.56 Å². The van der Waals surface area contributed by atoms with Crippen LogP contribution in [0.3, 0.4) is 0 Å². The van der Waals surface area contributed by atoms with Crippen molar-refractivity contribution in [3.05, 3.63) is 45.9 Å². The highest BCUT2D eigenvalue weighted by atomic mass is 32.2. The Kier molecular flexibility index (Phi) is 5.78. The number of anilines is 1. The number of amides is 1. The fourth-order valence-corrected chi connectivity index (χ4v) is 4.47.